The first-order valence-corrected chi connectivity index (χ1v) is 5.97. The second-order valence-corrected chi connectivity index (χ2v) is 4.14. The standard InChI is InChI=1S/C15H16N2O2/c16-11-19-14(18)15(17,12-7-3-1-4-8-12)13-9-5-2-6-10-13/h1-10H,11,16-17H2. The van der Waals surface area contributed by atoms with Crippen molar-refractivity contribution in [2.24, 2.45) is 11.5 Å². The molecule has 0 heterocycles. The quantitative estimate of drug-likeness (QED) is 0.639. The lowest BCUT2D eigenvalue weighted by Gasteiger charge is -2.28. The number of ether oxygens (including phenoxy) is 1. The number of hydrogen-bond acceptors (Lipinski definition) is 4. The molecule has 2 rings (SSSR count). The lowest BCUT2D eigenvalue weighted by Crippen LogP contribution is -2.47. The molecule has 2 aromatic carbocycles. The Hall–Kier alpha value is -2.17. The number of esters is 1. The maximum absolute atomic E-state index is 12.2. The van der Waals surface area contributed by atoms with E-state index in [-0.39, 0.29) is 6.73 Å². The Bertz CT molecular complexity index is 501. The minimum absolute atomic E-state index is 0.197. The van der Waals surface area contributed by atoms with Gasteiger partial charge in [0, 0.05) is 0 Å². The van der Waals surface area contributed by atoms with Gasteiger partial charge in [0.15, 0.2) is 5.54 Å². The summed E-state index contributed by atoms with van der Waals surface area (Å²) in [6, 6.07) is 18.2. The van der Waals surface area contributed by atoms with E-state index < -0.39 is 11.5 Å². The van der Waals surface area contributed by atoms with E-state index in [0.717, 1.165) is 0 Å². The first-order valence-electron chi connectivity index (χ1n) is 5.97. The lowest BCUT2D eigenvalue weighted by molar-refractivity contribution is -0.148. The molecule has 0 amide bonds. The molecule has 0 radical (unpaired) electrons. The highest BCUT2D eigenvalue weighted by molar-refractivity contribution is 5.86. The van der Waals surface area contributed by atoms with Crippen LogP contribution in [0.2, 0.25) is 0 Å². The second-order valence-electron chi connectivity index (χ2n) is 4.14. The molecule has 0 unspecified atom stereocenters. The molecule has 0 saturated carbocycles. The summed E-state index contributed by atoms with van der Waals surface area (Å²) in [6.07, 6.45) is 0. The van der Waals surface area contributed by atoms with Crippen LogP contribution < -0.4 is 11.5 Å². The van der Waals surface area contributed by atoms with Crippen LogP contribution in [0.5, 0.6) is 0 Å². The molecule has 19 heavy (non-hydrogen) atoms. The highest BCUT2D eigenvalue weighted by Crippen LogP contribution is 2.28. The van der Waals surface area contributed by atoms with Crippen molar-refractivity contribution >= 4 is 5.97 Å². The van der Waals surface area contributed by atoms with Gasteiger partial charge in [0.2, 0.25) is 0 Å². The molecule has 2 aromatic rings. The van der Waals surface area contributed by atoms with Crippen molar-refractivity contribution in [1.29, 1.82) is 0 Å². The van der Waals surface area contributed by atoms with Crippen LogP contribution >= 0.6 is 0 Å². The topological polar surface area (TPSA) is 78.3 Å². The van der Waals surface area contributed by atoms with Crippen molar-refractivity contribution in [3.8, 4) is 0 Å². The minimum Gasteiger partial charge on any atom is -0.448 e. The molecule has 0 aliphatic carbocycles. The Morgan fingerprint density at radius 2 is 1.37 bits per heavy atom. The van der Waals surface area contributed by atoms with E-state index in [4.69, 9.17) is 16.2 Å². The van der Waals surface area contributed by atoms with E-state index in [1.54, 1.807) is 24.3 Å². The molecule has 0 spiro atoms. The van der Waals surface area contributed by atoms with Crippen LogP contribution in [-0.2, 0) is 15.1 Å². The maximum Gasteiger partial charge on any atom is 0.336 e. The summed E-state index contributed by atoms with van der Waals surface area (Å²) in [5.74, 6) is -0.563. The van der Waals surface area contributed by atoms with Crippen LogP contribution in [0, 0.1) is 0 Å². The molecular formula is C15H16N2O2. The number of nitrogens with two attached hydrogens (primary N) is 2. The maximum atomic E-state index is 12.2. The number of rotatable bonds is 4. The molecule has 4 heteroatoms. The molecule has 0 aliphatic rings. The van der Waals surface area contributed by atoms with Crippen LogP contribution in [0.1, 0.15) is 11.1 Å². The summed E-state index contributed by atoms with van der Waals surface area (Å²) in [7, 11) is 0. The second kappa shape index (κ2) is 5.65. The summed E-state index contributed by atoms with van der Waals surface area (Å²) in [4.78, 5) is 12.2. The van der Waals surface area contributed by atoms with Gasteiger partial charge in [-0.2, -0.15) is 0 Å². The van der Waals surface area contributed by atoms with Gasteiger partial charge >= 0.3 is 5.97 Å². The SMILES string of the molecule is NCOC(=O)C(N)(c1ccccc1)c1ccccc1. The molecule has 0 aliphatic heterocycles. The average molecular weight is 256 g/mol. The van der Waals surface area contributed by atoms with Crippen molar-refractivity contribution in [2.45, 2.75) is 5.54 Å². The molecule has 0 bridgehead atoms. The zero-order chi connectivity index (χ0) is 13.7. The van der Waals surface area contributed by atoms with Crippen molar-refractivity contribution < 1.29 is 9.53 Å². The van der Waals surface area contributed by atoms with Gasteiger partial charge in [0.05, 0.1) is 0 Å². The van der Waals surface area contributed by atoms with E-state index in [2.05, 4.69) is 0 Å². The largest absolute Gasteiger partial charge is 0.448 e. The summed E-state index contributed by atoms with van der Waals surface area (Å²) in [5.41, 5.74) is 11.6. The smallest absolute Gasteiger partial charge is 0.336 e. The Morgan fingerprint density at radius 1 is 0.947 bits per heavy atom. The van der Waals surface area contributed by atoms with Crippen molar-refractivity contribution in [3.05, 3.63) is 71.8 Å². The highest BCUT2D eigenvalue weighted by atomic mass is 16.5. The van der Waals surface area contributed by atoms with Gasteiger partial charge in [0.25, 0.3) is 0 Å². The number of benzene rings is 2. The van der Waals surface area contributed by atoms with E-state index in [1.165, 1.54) is 0 Å². The third kappa shape index (κ3) is 2.50. The third-order valence-corrected chi connectivity index (χ3v) is 2.99. The van der Waals surface area contributed by atoms with E-state index in [9.17, 15) is 4.79 Å². The Kier molecular flexibility index (Phi) is 3.94. The van der Waals surface area contributed by atoms with Crippen LogP contribution in [0.25, 0.3) is 0 Å². The van der Waals surface area contributed by atoms with Crippen LogP contribution in [0.4, 0.5) is 0 Å². The molecule has 0 atom stereocenters. The first kappa shape index (κ1) is 13.3. The van der Waals surface area contributed by atoms with Crippen molar-refractivity contribution in [2.75, 3.05) is 6.73 Å². The summed E-state index contributed by atoms with van der Waals surface area (Å²) in [5, 5.41) is 0. The van der Waals surface area contributed by atoms with Crippen LogP contribution in [0.3, 0.4) is 0 Å². The Morgan fingerprint density at radius 3 is 1.74 bits per heavy atom. The fourth-order valence-corrected chi connectivity index (χ4v) is 1.99. The van der Waals surface area contributed by atoms with Gasteiger partial charge < -0.3 is 10.5 Å². The highest BCUT2D eigenvalue weighted by Gasteiger charge is 2.39. The minimum atomic E-state index is -1.35. The normalized spacial score (nSPS) is 11.1. The van der Waals surface area contributed by atoms with Crippen LogP contribution in [0.15, 0.2) is 60.7 Å². The molecule has 0 fully saturated rings. The first-order chi connectivity index (χ1) is 9.19. The van der Waals surface area contributed by atoms with Gasteiger partial charge in [-0.25, -0.2) is 4.79 Å². The van der Waals surface area contributed by atoms with Gasteiger partial charge in [-0.15, -0.1) is 0 Å². The molecule has 0 aromatic heterocycles. The lowest BCUT2D eigenvalue weighted by atomic mass is 9.84. The van der Waals surface area contributed by atoms with Gasteiger partial charge in [-0.05, 0) is 11.1 Å². The monoisotopic (exact) mass is 256 g/mol. The molecule has 4 N–H and O–H groups in total. The molecule has 0 saturated heterocycles. The zero-order valence-electron chi connectivity index (χ0n) is 10.5. The predicted molar refractivity (Wildman–Crippen MR) is 73.0 cm³/mol. The molecule has 4 nitrogen and oxygen atoms in total. The summed E-state index contributed by atoms with van der Waals surface area (Å²) in [6.45, 7) is -0.197. The van der Waals surface area contributed by atoms with E-state index in [1.807, 2.05) is 36.4 Å². The van der Waals surface area contributed by atoms with Crippen LogP contribution in [-0.4, -0.2) is 12.7 Å². The molecular weight excluding hydrogens is 240 g/mol. The van der Waals surface area contributed by atoms with Crippen molar-refractivity contribution in [1.82, 2.24) is 0 Å². The summed E-state index contributed by atoms with van der Waals surface area (Å²) >= 11 is 0. The van der Waals surface area contributed by atoms with E-state index >= 15 is 0 Å². The number of carbonyl (C=O) groups excluding carboxylic acids is 1. The van der Waals surface area contributed by atoms with Gasteiger partial charge in [-0.3, -0.25) is 5.73 Å². The molecule has 98 valence electrons. The van der Waals surface area contributed by atoms with Gasteiger partial charge in [0.1, 0.15) is 6.73 Å². The summed E-state index contributed by atoms with van der Waals surface area (Å²) < 4.78 is 4.93. The zero-order valence-corrected chi connectivity index (χ0v) is 10.5. The fourth-order valence-electron chi connectivity index (χ4n) is 1.99. The predicted octanol–water partition coefficient (Wildman–Crippen LogP) is 1.35. The fraction of sp³-hybridized carbons (Fsp3) is 0.133. The number of hydrogen-bond donors (Lipinski definition) is 2. The average Bonchev–Trinajstić information content (AvgIpc) is 2.48. The van der Waals surface area contributed by atoms with Crippen molar-refractivity contribution in [3.63, 3.8) is 0 Å². The Balaban J connectivity index is 2.54. The number of carbonyl (C=O) groups is 1. The van der Waals surface area contributed by atoms with Gasteiger partial charge in [-0.1, -0.05) is 60.7 Å². The Labute approximate surface area is 112 Å². The van der Waals surface area contributed by atoms with E-state index in [0.29, 0.717) is 11.1 Å². The third-order valence-electron chi connectivity index (χ3n) is 2.99.